The molecule has 3 rings (SSSR count). The SMILES string of the molecule is CCc1cccc(NC(=O)N2CCC(O)(c3ccccc3)CC2)c1. The van der Waals surface area contributed by atoms with Crippen LogP contribution in [0.1, 0.15) is 30.9 Å². The van der Waals surface area contributed by atoms with Gasteiger partial charge >= 0.3 is 6.03 Å². The van der Waals surface area contributed by atoms with E-state index in [4.69, 9.17) is 0 Å². The number of carbonyl (C=O) groups excluding carboxylic acids is 1. The lowest BCUT2D eigenvalue weighted by Crippen LogP contribution is -2.46. The van der Waals surface area contributed by atoms with E-state index >= 15 is 0 Å². The van der Waals surface area contributed by atoms with Gasteiger partial charge in [0.05, 0.1) is 5.60 Å². The molecule has 1 fully saturated rings. The molecule has 2 aromatic rings. The van der Waals surface area contributed by atoms with Gasteiger partial charge in [0.15, 0.2) is 0 Å². The van der Waals surface area contributed by atoms with E-state index in [0.717, 1.165) is 17.7 Å². The minimum Gasteiger partial charge on any atom is -0.385 e. The van der Waals surface area contributed by atoms with Crippen LogP contribution in [0.3, 0.4) is 0 Å². The summed E-state index contributed by atoms with van der Waals surface area (Å²) in [6, 6.07) is 17.5. The van der Waals surface area contributed by atoms with Crippen molar-refractivity contribution in [2.24, 2.45) is 0 Å². The highest BCUT2D eigenvalue weighted by Crippen LogP contribution is 2.32. The van der Waals surface area contributed by atoms with Crippen LogP contribution in [-0.4, -0.2) is 29.1 Å². The van der Waals surface area contributed by atoms with Crippen LogP contribution in [0.2, 0.25) is 0 Å². The van der Waals surface area contributed by atoms with E-state index in [1.807, 2.05) is 48.5 Å². The van der Waals surface area contributed by atoms with Crippen LogP contribution in [-0.2, 0) is 12.0 Å². The summed E-state index contributed by atoms with van der Waals surface area (Å²) >= 11 is 0. The number of aliphatic hydroxyl groups is 1. The number of rotatable bonds is 3. The Morgan fingerprint density at radius 2 is 1.83 bits per heavy atom. The molecule has 0 atom stereocenters. The second-order valence-electron chi connectivity index (χ2n) is 6.37. The van der Waals surface area contributed by atoms with Crippen molar-refractivity contribution in [2.45, 2.75) is 31.8 Å². The van der Waals surface area contributed by atoms with E-state index in [0.29, 0.717) is 25.9 Å². The molecule has 2 amide bonds. The lowest BCUT2D eigenvalue weighted by Gasteiger charge is -2.38. The van der Waals surface area contributed by atoms with Gasteiger partial charge in [0.25, 0.3) is 0 Å². The number of aryl methyl sites for hydroxylation is 1. The first-order valence-electron chi connectivity index (χ1n) is 8.53. The molecule has 4 heteroatoms. The number of nitrogens with zero attached hydrogens (tertiary/aromatic N) is 1. The highest BCUT2D eigenvalue weighted by Gasteiger charge is 2.35. The first-order chi connectivity index (χ1) is 11.6. The van der Waals surface area contributed by atoms with Gasteiger partial charge in [0.2, 0.25) is 0 Å². The number of benzene rings is 2. The second kappa shape index (κ2) is 7.05. The Balaban J connectivity index is 1.61. The first-order valence-corrected chi connectivity index (χ1v) is 8.53. The van der Waals surface area contributed by atoms with Crippen LogP contribution in [0, 0.1) is 0 Å². The second-order valence-corrected chi connectivity index (χ2v) is 6.37. The van der Waals surface area contributed by atoms with Crippen molar-refractivity contribution in [2.75, 3.05) is 18.4 Å². The molecule has 1 aliphatic heterocycles. The van der Waals surface area contributed by atoms with Gasteiger partial charge in [0, 0.05) is 18.8 Å². The summed E-state index contributed by atoms with van der Waals surface area (Å²) in [4.78, 5) is 14.2. The topological polar surface area (TPSA) is 52.6 Å². The summed E-state index contributed by atoms with van der Waals surface area (Å²) in [5, 5.41) is 13.8. The fraction of sp³-hybridized carbons (Fsp3) is 0.350. The maximum atomic E-state index is 12.4. The van der Waals surface area contributed by atoms with Gasteiger partial charge < -0.3 is 15.3 Å². The number of urea groups is 1. The van der Waals surface area contributed by atoms with Crippen molar-refractivity contribution >= 4 is 11.7 Å². The molecule has 0 aromatic heterocycles. The molecule has 4 nitrogen and oxygen atoms in total. The highest BCUT2D eigenvalue weighted by atomic mass is 16.3. The molecule has 1 aliphatic rings. The van der Waals surface area contributed by atoms with Crippen molar-refractivity contribution in [1.29, 1.82) is 0 Å². The predicted molar refractivity (Wildman–Crippen MR) is 96.0 cm³/mol. The summed E-state index contributed by atoms with van der Waals surface area (Å²) in [5.41, 5.74) is 2.12. The molecule has 0 radical (unpaired) electrons. The Kier molecular flexibility index (Phi) is 4.86. The standard InChI is InChI=1S/C20H24N2O2/c1-2-16-7-6-10-18(15-16)21-19(23)22-13-11-20(24,12-14-22)17-8-4-3-5-9-17/h3-10,15,24H,2,11-14H2,1H3,(H,21,23). The molecule has 0 saturated carbocycles. The van der Waals surface area contributed by atoms with Gasteiger partial charge in [-0.1, -0.05) is 49.4 Å². The van der Waals surface area contributed by atoms with Crippen molar-refractivity contribution < 1.29 is 9.90 Å². The molecule has 1 saturated heterocycles. The molecule has 0 aliphatic carbocycles. The zero-order valence-electron chi connectivity index (χ0n) is 14.0. The van der Waals surface area contributed by atoms with E-state index in [1.165, 1.54) is 5.56 Å². The fourth-order valence-electron chi connectivity index (χ4n) is 3.19. The number of likely N-dealkylation sites (tertiary alicyclic amines) is 1. The Labute approximate surface area is 143 Å². The number of piperidine rings is 1. The highest BCUT2D eigenvalue weighted by molar-refractivity contribution is 5.89. The minimum atomic E-state index is -0.833. The van der Waals surface area contributed by atoms with Gasteiger partial charge in [-0.25, -0.2) is 4.79 Å². The smallest absolute Gasteiger partial charge is 0.321 e. The number of carbonyl (C=O) groups is 1. The lowest BCUT2D eigenvalue weighted by atomic mass is 9.84. The normalized spacial score (nSPS) is 16.7. The third kappa shape index (κ3) is 3.60. The van der Waals surface area contributed by atoms with Gasteiger partial charge in [0.1, 0.15) is 0 Å². The summed E-state index contributed by atoms with van der Waals surface area (Å²) < 4.78 is 0. The molecule has 0 spiro atoms. The summed E-state index contributed by atoms with van der Waals surface area (Å²) in [6.45, 7) is 3.19. The Morgan fingerprint density at radius 1 is 1.12 bits per heavy atom. The van der Waals surface area contributed by atoms with Crippen LogP contribution in [0.15, 0.2) is 54.6 Å². The number of hydrogen-bond donors (Lipinski definition) is 2. The largest absolute Gasteiger partial charge is 0.385 e. The van der Waals surface area contributed by atoms with Crippen LogP contribution in [0.25, 0.3) is 0 Å². The van der Waals surface area contributed by atoms with Crippen LogP contribution in [0.5, 0.6) is 0 Å². The Morgan fingerprint density at radius 3 is 2.50 bits per heavy atom. The molecular weight excluding hydrogens is 300 g/mol. The molecule has 2 N–H and O–H groups in total. The predicted octanol–water partition coefficient (Wildman–Crippen LogP) is 3.76. The van der Waals surface area contributed by atoms with E-state index < -0.39 is 5.60 Å². The zero-order chi connectivity index (χ0) is 17.0. The third-order valence-corrected chi connectivity index (χ3v) is 4.78. The van der Waals surface area contributed by atoms with E-state index in [-0.39, 0.29) is 6.03 Å². The lowest BCUT2D eigenvalue weighted by molar-refractivity contribution is -0.0156. The van der Waals surface area contributed by atoms with Crippen LogP contribution in [0.4, 0.5) is 10.5 Å². The zero-order valence-corrected chi connectivity index (χ0v) is 14.0. The molecule has 24 heavy (non-hydrogen) atoms. The summed E-state index contributed by atoms with van der Waals surface area (Å²) in [5.74, 6) is 0. The van der Waals surface area contributed by atoms with E-state index in [2.05, 4.69) is 18.3 Å². The first kappa shape index (κ1) is 16.5. The Hall–Kier alpha value is -2.33. The molecule has 0 bridgehead atoms. The van der Waals surface area contributed by atoms with Gasteiger partial charge in [-0.05, 0) is 42.5 Å². The summed E-state index contributed by atoms with van der Waals surface area (Å²) in [7, 11) is 0. The molecule has 2 aromatic carbocycles. The average Bonchev–Trinajstić information content (AvgIpc) is 2.63. The van der Waals surface area contributed by atoms with Gasteiger partial charge in [-0.3, -0.25) is 0 Å². The van der Waals surface area contributed by atoms with Gasteiger partial charge in [-0.2, -0.15) is 0 Å². The van der Waals surface area contributed by atoms with Crippen LogP contribution >= 0.6 is 0 Å². The number of anilines is 1. The van der Waals surface area contributed by atoms with E-state index in [9.17, 15) is 9.90 Å². The average molecular weight is 324 g/mol. The van der Waals surface area contributed by atoms with Crippen molar-refractivity contribution in [3.63, 3.8) is 0 Å². The monoisotopic (exact) mass is 324 g/mol. The third-order valence-electron chi connectivity index (χ3n) is 4.78. The van der Waals surface area contributed by atoms with Crippen molar-refractivity contribution in [3.05, 3.63) is 65.7 Å². The van der Waals surface area contributed by atoms with E-state index in [1.54, 1.807) is 4.90 Å². The fourth-order valence-corrected chi connectivity index (χ4v) is 3.19. The van der Waals surface area contributed by atoms with Crippen LogP contribution < -0.4 is 5.32 Å². The molecule has 1 heterocycles. The molecule has 126 valence electrons. The maximum Gasteiger partial charge on any atom is 0.321 e. The summed E-state index contributed by atoms with van der Waals surface area (Å²) in [6.07, 6.45) is 2.05. The minimum absolute atomic E-state index is 0.0987. The molecule has 0 unspecified atom stereocenters. The van der Waals surface area contributed by atoms with Crippen molar-refractivity contribution in [3.8, 4) is 0 Å². The number of nitrogens with one attached hydrogen (secondary N) is 1. The van der Waals surface area contributed by atoms with Gasteiger partial charge in [-0.15, -0.1) is 0 Å². The quantitative estimate of drug-likeness (QED) is 0.903. The number of amides is 2. The molecular formula is C20H24N2O2. The Bertz CT molecular complexity index is 692. The maximum absolute atomic E-state index is 12.4. The number of hydrogen-bond acceptors (Lipinski definition) is 2. The van der Waals surface area contributed by atoms with Crippen molar-refractivity contribution in [1.82, 2.24) is 4.90 Å².